The van der Waals surface area contributed by atoms with Gasteiger partial charge in [0.05, 0.1) is 6.67 Å². The third kappa shape index (κ3) is 3.69. The second kappa shape index (κ2) is 7.99. The normalized spacial score (nSPS) is 13.6. The van der Waals surface area contributed by atoms with Crippen LogP contribution in [-0.2, 0) is 9.53 Å². The van der Waals surface area contributed by atoms with Crippen LogP contribution in [0.15, 0.2) is 48.5 Å². The number of ether oxygens (including phenoxy) is 1. The minimum Gasteiger partial charge on any atom is -0.480 e. The molecule has 0 spiro atoms. The van der Waals surface area contributed by atoms with Gasteiger partial charge in [0.2, 0.25) is 0 Å². The highest BCUT2D eigenvalue weighted by atomic mass is 19.1. The number of rotatable bonds is 7. The zero-order valence-corrected chi connectivity index (χ0v) is 14.2. The lowest BCUT2D eigenvalue weighted by molar-refractivity contribution is -0.139. The number of aliphatic carboxylic acids is 1. The van der Waals surface area contributed by atoms with Crippen LogP contribution in [0, 0.1) is 0 Å². The Labute approximate surface area is 150 Å². The highest BCUT2D eigenvalue weighted by Crippen LogP contribution is 2.44. The molecule has 0 saturated heterocycles. The molecule has 1 aliphatic rings. The zero-order chi connectivity index (χ0) is 18.5. The van der Waals surface area contributed by atoms with Crippen molar-refractivity contribution in [3.8, 4) is 11.1 Å². The van der Waals surface area contributed by atoms with E-state index in [-0.39, 0.29) is 25.4 Å². The molecule has 2 aromatic rings. The number of amides is 1. The average Bonchev–Trinajstić information content (AvgIpc) is 2.97. The standard InChI is InChI=1S/C20H20FNO4/c21-11-5-10-18(19(23)24)22-20(25)26-12-17-15-8-3-1-6-13(15)14-7-2-4-9-16(14)17/h1-4,6-9,17-18H,5,10-12H2,(H,22,25)(H,23,24)/t18-/m0/s1. The summed E-state index contributed by atoms with van der Waals surface area (Å²) in [5, 5.41) is 11.4. The van der Waals surface area contributed by atoms with Crippen LogP contribution in [-0.4, -0.2) is 36.5 Å². The van der Waals surface area contributed by atoms with E-state index >= 15 is 0 Å². The third-order valence-electron chi connectivity index (χ3n) is 4.56. The molecule has 0 aromatic heterocycles. The summed E-state index contributed by atoms with van der Waals surface area (Å²) in [5.74, 6) is -1.30. The van der Waals surface area contributed by atoms with Crippen LogP contribution >= 0.6 is 0 Å². The fraction of sp³-hybridized carbons (Fsp3) is 0.300. The molecule has 0 heterocycles. The number of nitrogens with one attached hydrogen (secondary N) is 1. The maximum absolute atomic E-state index is 12.3. The summed E-state index contributed by atoms with van der Waals surface area (Å²) in [7, 11) is 0. The molecule has 1 atom stereocenters. The van der Waals surface area contributed by atoms with Crippen molar-refractivity contribution in [1.82, 2.24) is 5.32 Å². The molecule has 0 aliphatic heterocycles. The first-order chi connectivity index (χ1) is 12.6. The van der Waals surface area contributed by atoms with Crippen LogP contribution in [0.1, 0.15) is 29.9 Å². The van der Waals surface area contributed by atoms with Crippen molar-refractivity contribution in [2.45, 2.75) is 24.8 Å². The predicted molar refractivity (Wildman–Crippen MR) is 94.8 cm³/mol. The highest BCUT2D eigenvalue weighted by molar-refractivity contribution is 5.81. The van der Waals surface area contributed by atoms with Gasteiger partial charge in [-0.25, -0.2) is 9.59 Å². The van der Waals surface area contributed by atoms with Gasteiger partial charge in [-0.2, -0.15) is 0 Å². The lowest BCUT2D eigenvalue weighted by atomic mass is 9.98. The van der Waals surface area contributed by atoms with Gasteiger partial charge in [-0.15, -0.1) is 0 Å². The Morgan fingerprint density at radius 3 is 2.19 bits per heavy atom. The van der Waals surface area contributed by atoms with Crippen LogP contribution in [0.3, 0.4) is 0 Å². The van der Waals surface area contributed by atoms with Crippen molar-refractivity contribution in [1.29, 1.82) is 0 Å². The van der Waals surface area contributed by atoms with E-state index in [1.807, 2.05) is 48.5 Å². The number of hydrogen-bond acceptors (Lipinski definition) is 3. The van der Waals surface area contributed by atoms with Gasteiger partial charge in [0.25, 0.3) is 0 Å². The maximum atomic E-state index is 12.3. The summed E-state index contributed by atoms with van der Waals surface area (Å²) < 4.78 is 17.5. The molecule has 5 nitrogen and oxygen atoms in total. The quantitative estimate of drug-likeness (QED) is 0.792. The second-order valence-corrected chi connectivity index (χ2v) is 6.19. The lowest BCUT2D eigenvalue weighted by Gasteiger charge is -2.17. The number of alkyl carbamates (subject to hydrolysis) is 1. The van der Waals surface area contributed by atoms with E-state index in [4.69, 9.17) is 9.84 Å². The summed E-state index contributed by atoms with van der Waals surface area (Å²) in [4.78, 5) is 23.1. The van der Waals surface area contributed by atoms with Crippen molar-refractivity contribution in [3.63, 3.8) is 0 Å². The predicted octanol–water partition coefficient (Wildman–Crippen LogP) is 3.73. The minimum atomic E-state index is -1.20. The third-order valence-corrected chi connectivity index (χ3v) is 4.56. The summed E-state index contributed by atoms with van der Waals surface area (Å²) in [5.41, 5.74) is 4.38. The molecular weight excluding hydrogens is 337 g/mol. The van der Waals surface area contributed by atoms with E-state index < -0.39 is 24.8 Å². The first-order valence-corrected chi connectivity index (χ1v) is 8.52. The Hall–Kier alpha value is -2.89. The molecule has 1 aliphatic carbocycles. The van der Waals surface area contributed by atoms with Gasteiger partial charge in [-0.1, -0.05) is 48.5 Å². The van der Waals surface area contributed by atoms with E-state index in [0.29, 0.717) is 0 Å². The highest BCUT2D eigenvalue weighted by Gasteiger charge is 2.29. The number of carboxylic acids is 1. The Balaban J connectivity index is 1.68. The molecule has 2 aromatic carbocycles. The van der Waals surface area contributed by atoms with Gasteiger partial charge in [-0.3, -0.25) is 4.39 Å². The molecule has 2 N–H and O–H groups in total. The molecule has 6 heteroatoms. The van der Waals surface area contributed by atoms with Crippen molar-refractivity contribution in [2.75, 3.05) is 13.3 Å². The van der Waals surface area contributed by atoms with Crippen LogP contribution in [0.5, 0.6) is 0 Å². The zero-order valence-electron chi connectivity index (χ0n) is 14.2. The van der Waals surface area contributed by atoms with Crippen LogP contribution in [0.25, 0.3) is 11.1 Å². The number of alkyl halides is 1. The number of hydrogen-bond donors (Lipinski definition) is 2. The Morgan fingerprint density at radius 2 is 1.65 bits per heavy atom. The van der Waals surface area contributed by atoms with Gasteiger partial charge >= 0.3 is 12.1 Å². The van der Waals surface area contributed by atoms with Crippen molar-refractivity contribution in [3.05, 3.63) is 59.7 Å². The molecule has 1 amide bonds. The fourth-order valence-electron chi connectivity index (χ4n) is 3.32. The number of carbonyl (C=O) groups is 2. The first kappa shape index (κ1) is 17.9. The Kier molecular flexibility index (Phi) is 5.51. The van der Waals surface area contributed by atoms with Crippen molar-refractivity contribution < 1.29 is 23.8 Å². The molecule has 26 heavy (non-hydrogen) atoms. The number of carboxylic acid groups (broad SMARTS) is 1. The van der Waals surface area contributed by atoms with Crippen molar-refractivity contribution >= 4 is 12.1 Å². The van der Waals surface area contributed by atoms with E-state index in [0.717, 1.165) is 22.3 Å². The molecular formula is C20H20FNO4. The van der Waals surface area contributed by atoms with Gasteiger partial charge < -0.3 is 15.2 Å². The maximum Gasteiger partial charge on any atom is 0.407 e. The van der Waals surface area contributed by atoms with Gasteiger partial charge in [0.1, 0.15) is 12.6 Å². The summed E-state index contributed by atoms with van der Waals surface area (Å²) in [6.07, 6.45) is -0.713. The number of benzene rings is 2. The van der Waals surface area contributed by atoms with E-state index in [9.17, 15) is 14.0 Å². The smallest absolute Gasteiger partial charge is 0.407 e. The number of halogens is 1. The Morgan fingerprint density at radius 1 is 1.08 bits per heavy atom. The Bertz CT molecular complexity index is 762. The molecule has 0 saturated carbocycles. The van der Waals surface area contributed by atoms with Crippen LogP contribution < -0.4 is 5.32 Å². The monoisotopic (exact) mass is 357 g/mol. The number of fused-ring (bicyclic) bond motifs is 3. The summed E-state index contributed by atoms with van der Waals surface area (Å²) in [6, 6.07) is 14.7. The molecule has 0 fully saturated rings. The number of carbonyl (C=O) groups excluding carboxylic acids is 1. The largest absolute Gasteiger partial charge is 0.480 e. The molecule has 3 rings (SSSR count). The lowest BCUT2D eigenvalue weighted by Crippen LogP contribution is -2.41. The second-order valence-electron chi connectivity index (χ2n) is 6.19. The van der Waals surface area contributed by atoms with Gasteiger partial charge in [0.15, 0.2) is 0 Å². The van der Waals surface area contributed by atoms with Gasteiger partial charge in [-0.05, 0) is 35.1 Å². The van der Waals surface area contributed by atoms with E-state index in [1.54, 1.807) is 0 Å². The summed E-state index contributed by atoms with van der Waals surface area (Å²) in [6.45, 7) is -0.522. The van der Waals surface area contributed by atoms with Crippen molar-refractivity contribution in [2.24, 2.45) is 0 Å². The van der Waals surface area contributed by atoms with Crippen LogP contribution in [0.2, 0.25) is 0 Å². The molecule has 136 valence electrons. The van der Waals surface area contributed by atoms with Crippen LogP contribution in [0.4, 0.5) is 9.18 Å². The molecule has 0 unspecified atom stereocenters. The van der Waals surface area contributed by atoms with E-state index in [1.165, 1.54) is 0 Å². The topological polar surface area (TPSA) is 75.6 Å². The first-order valence-electron chi connectivity index (χ1n) is 8.52. The summed E-state index contributed by atoms with van der Waals surface area (Å²) >= 11 is 0. The minimum absolute atomic E-state index is 0.0238. The molecule has 0 bridgehead atoms. The van der Waals surface area contributed by atoms with Gasteiger partial charge in [0, 0.05) is 5.92 Å². The molecule has 0 radical (unpaired) electrons. The van der Waals surface area contributed by atoms with E-state index in [2.05, 4.69) is 5.32 Å². The fourth-order valence-corrected chi connectivity index (χ4v) is 3.32. The SMILES string of the molecule is O=C(N[C@@H](CCCF)C(=O)O)OCC1c2ccccc2-c2ccccc21. The average molecular weight is 357 g/mol.